The number of carbonyl (C=O) groups is 1. The summed E-state index contributed by atoms with van der Waals surface area (Å²) in [5.41, 5.74) is 3.54. The molecular formula is C16H21N5OS. The van der Waals surface area contributed by atoms with E-state index in [1.807, 2.05) is 16.5 Å². The first-order valence-electron chi connectivity index (χ1n) is 8.32. The predicted molar refractivity (Wildman–Crippen MR) is 88.3 cm³/mol. The Labute approximate surface area is 139 Å². The average molecular weight is 331 g/mol. The van der Waals surface area contributed by atoms with Gasteiger partial charge >= 0.3 is 6.03 Å². The summed E-state index contributed by atoms with van der Waals surface area (Å²) >= 11 is 1.63. The first kappa shape index (κ1) is 14.7. The molecule has 1 unspecified atom stereocenters. The van der Waals surface area contributed by atoms with Crippen molar-refractivity contribution in [3.63, 3.8) is 0 Å². The van der Waals surface area contributed by atoms with Crippen molar-refractivity contribution in [1.82, 2.24) is 25.4 Å². The summed E-state index contributed by atoms with van der Waals surface area (Å²) in [6, 6.07) is 0.119. The third-order valence-corrected chi connectivity index (χ3v) is 5.68. The van der Waals surface area contributed by atoms with Gasteiger partial charge in [0.25, 0.3) is 0 Å². The minimum absolute atomic E-state index is 0.000327. The second-order valence-corrected chi connectivity index (χ2v) is 7.14. The zero-order valence-corrected chi connectivity index (χ0v) is 13.9. The van der Waals surface area contributed by atoms with Gasteiger partial charge in [0.1, 0.15) is 5.01 Å². The van der Waals surface area contributed by atoms with Crippen LogP contribution < -0.4 is 5.32 Å². The fourth-order valence-corrected chi connectivity index (χ4v) is 4.41. The van der Waals surface area contributed by atoms with E-state index in [0.29, 0.717) is 6.54 Å². The molecule has 2 aromatic heterocycles. The lowest BCUT2D eigenvalue weighted by molar-refractivity contribution is 0.151. The molecule has 1 aliphatic carbocycles. The number of carbonyl (C=O) groups excluding carboxylic acids is 1. The molecule has 2 aliphatic rings. The molecule has 2 amide bonds. The first-order chi connectivity index (χ1) is 11.3. The highest BCUT2D eigenvalue weighted by atomic mass is 32.1. The topological polar surface area (TPSA) is 73.9 Å². The van der Waals surface area contributed by atoms with Crippen LogP contribution in [-0.4, -0.2) is 32.7 Å². The van der Waals surface area contributed by atoms with Crippen molar-refractivity contribution in [2.24, 2.45) is 0 Å². The van der Waals surface area contributed by atoms with Crippen LogP contribution >= 0.6 is 11.3 Å². The molecule has 1 aliphatic heterocycles. The normalized spacial score (nSPS) is 20.5. The van der Waals surface area contributed by atoms with E-state index < -0.39 is 0 Å². The molecule has 0 radical (unpaired) electrons. The number of piperidine rings is 1. The Kier molecular flexibility index (Phi) is 4.03. The summed E-state index contributed by atoms with van der Waals surface area (Å²) in [6.45, 7) is 1.31. The lowest BCUT2D eigenvalue weighted by atomic mass is 10.0. The summed E-state index contributed by atoms with van der Waals surface area (Å²) in [4.78, 5) is 19.0. The molecule has 2 aromatic rings. The molecule has 7 heteroatoms. The van der Waals surface area contributed by atoms with Crippen LogP contribution in [0.5, 0.6) is 0 Å². The molecule has 2 N–H and O–H groups in total. The first-order valence-corrected chi connectivity index (χ1v) is 9.20. The largest absolute Gasteiger partial charge is 0.332 e. The van der Waals surface area contributed by atoms with E-state index in [9.17, 15) is 4.79 Å². The second kappa shape index (κ2) is 6.31. The van der Waals surface area contributed by atoms with Crippen molar-refractivity contribution < 1.29 is 4.79 Å². The molecular weight excluding hydrogens is 310 g/mol. The van der Waals surface area contributed by atoms with Crippen molar-refractivity contribution in [3.8, 4) is 0 Å². The summed E-state index contributed by atoms with van der Waals surface area (Å²) < 4.78 is 0. The molecule has 1 saturated heterocycles. The van der Waals surface area contributed by atoms with E-state index in [0.717, 1.165) is 49.4 Å². The van der Waals surface area contributed by atoms with E-state index in [-0.39, 0.29) is 12.1 Å². The molecule has 0 bridgehead atoms. The average Bonchev–Trinajstić information content (AvgIpc) is 3.30. The number of H-pyrrole nitrogens is 1. The molecule has 6 nitrogen and oxygen atoms in total. The Bertz CT molecular complexity index is 681. The van der Waals surface area contributed by atoms with E-state index in [4.69, 9.17) is 0 Å². The van der Waals surface area contributed by atoms with E-state index in [2.05, 4.69) is 20.5 Å². The van der Waals surface area contributed by atoms with Crippen LogP contribution in [0, 0.1) is 0 Å². The van der Waals surface area contributed by atoms with Crippen LogP contribution in [-0.2, 0) is 19.4 Å². The van der Waals surface area contributed by atoms with Gasteiger partial charge in [0.2, 0.25) is 0 Å². The zero-order valence-electron chi connectivity index (χ0n) is 13.0. The maximum absolute atomic E-state index is 12.7. The Morgan fingerprint density at radius 2 is 2.35 bits per heavy atom. The number of nitrogens with zero attached hydrogens (tertiary/aromatic N) is 3. The molecule has 122 valence electrons. The maximum atomic E-state index is 12.7. The molecule has 23 heavy (non-hydrogen) atoms. The van der Waals surface area contributed by atoms with Crippen LogP contribution in [0.3, 0.4) is 0 Å². The lowest BCUT2D eigenvalue weighted by Crippen LogP contribution is -2.44. The third-order valence-electron chi connectivity index (χ3n) is 4.80. The molecule has 0 spiro atoms. The summed E-state index contributed by atoms with van der Waals surface area (Å²) in [5.74, 6) is 0. The van der Waals surface area contributed by atoms with Gasteiger partial charge in [0, 0.05) is 23.8 Å². The van der Waals surface area contributed by atoms with E-state index in [1.165, 1.54) is 17.7 Å². The highest BCUT2D eigenvalue weighted by molar-refractivity contribution is 7.09. The predicted octanol–water partition coefficient (Wildman–Crippen LogP) is 2.79. The molecule has 3 heterocycles. The Balaban J connectivity index is 1.43. The van der Waals surface area contributed by atoms with Gasteiger partial charge in [-0.1, -0.05) is 0 Å². The number of hydrogen-bond donors (Lipinski definition) is 2. The van der Waals surface area contributed by atoms with Crippen molar-refractivity contribution >= 4 is 17.4 Å². The van der Waals surface area contributed by atoms with E-state index in [1.54, 1.807) is 11.3 Å². The number of aromatic nitrogens is 3. The Morgan fingerprint density at radius 3 is 3.22 bits per heavy atom. The Hall–Kier alpha value is -1.89. The second-order valence-electron chi connectivity index (χ2n) is 6.21. The minimum Gasteiger partial charge on any atom is -0.332 e. The Morgan fingerprint density at radius 1 is 1.39 bits per heavy atom. The number of thiazole rings is 1. The quantitative estimate of drug-likeness (QED) is 0.908. The number of aromatic amines is 1. The smallest absolute Gasteiger partial charge is 0.318 e. The van der Waals surface area contributed by atoms with Crippen LogP contribution in [0.1, 0.15) is 53.7 Å². The van der Waals surface area contributed by atoms with Gasteiger partial charge in [0.05, 0.1) is 18.3 Å². The highest BCUT2D eigenvalue weighted by Crippen LogP contribution is 2.32. The number of rotatable bonds is 3. The molecule has 1 fully saturated rings. The number of urea groups is 1. The van der Waals surface area contributed by atoms with Gasteiger partial charge in [-0.25, -0.2) is 9.78 Å². The number of fused-ring (bicyclic) bond motifs is 1. The van der Waals surface area contributed by atoms with Crippen molar-refractivity contribution in [2.45, 2.75) is 51.1 Å². The van der Waals surface area contributed by atoms with Crippen molar-refractivity contribution in [2.75, 3.05) is 6.54 Å². The van der Waals surface area contributed by atoms with Crippen LogP contribution in [0.15, 0.2) is 11.6 Å². The lowest BCUT2D eigenvalue weighted by Gasteiger charge is -2.34. The fourth-order valence-electron chi connectivity index (χ4n) is 3.63. The van der Waals surface area contributed by atoms with Gasteiger partial charge in [-0.05, 0) is 44.1 Å². The van der Waals surface area contributed by atoms with Gasteiger partial charge in [-0.3, -0.25) is 5.10 Å². The number of likely N-dealkylation sites (tertiary alicyclic amines) is 1. The van der Waals surface area contributed by atoms with Gasteiger partial charge in [-0.15, -0.1) is 11.3 Å². The van der Waals surface area contributed by atoms with Crippen LogP contribution in [0.4, 0.5) is 4.79 Å². The summed E-state index contributed by atoms with van der Waals surface area (Å²) in [7, 11) is 0. The zero-order chi connectivity index (χ0) is 15.6. The number of aryl methyl sites for hydroxylation is 1. The minimum atomic E-state index is -0.000327. The molecule has 0 aromatic carbocycles. The van der Waals surface area contributed by atoms with Crippen LogP contribution in [0.2, 0.25) is 0 Å². The monoisotopic (exact) mass is 331 g/mol. The summed E-state index contributed by atoms with van der Waals surface area (Å²) in [6.07, 6.45) is 8.37. The highest BCUT2D eigenvalue weighted by Gasteiger charge is 2.30. The number of hydrogen-bond acceptors (Lipinski definition) is 4. The SMILES string of the molecule is O=C(NCc1n[nH]c2c1CCC2)N1CCCCC1c1nccs1. The number of amides is 2. The van der Waals surface area contributed by atoms with Gasteiger partial charge in [-0.2, -0.15) is 5.10 Å². The van der Waals surface area contributed by atoms with Gasteiger partial charge < -0.3 is 10.2 Å². The molecule has 1 atom stereocenters. The third kappa shape index (κ3) is 2.85. The maximum Gasteiger partial charge on any atom is 0.318 e. The molecule has 0 saturated carbocycles. The standard InChI is InChI=1S/C16H21N5OS/c22-16(18-10-13-11-4-3-5-12(11)19-20-13)21-8-2-1-6-14(21)15-17-7-9-23-15/h7,9,14H,1-6,8,10H2,(H,18,22)(H,19,20). The van der Waals surface area contributed by atoms with Crippen molar-refractivity contribution in [1.29, 1.82) is 0 Å². The van der Waals surface area contributed by atoms with Crippen molar-refractivity contribution in [3.05, 3.63) is 33.5 Å². The fraction of sp³-hybridized carbons (Fsp3) is 0.562. The van der Waals surface area contributed by atoms with E-state index >= 15 is 0 Å². The number of nitrogens with one attached hydrogen (secondary N) is 2. The summed E-state index contributed by atoms with van der Waals surface area (Å²) in [5, 5.41) is 13.5. The molecule has 4 rings (SSSR count). The van der Waals surface area contributed by atoms with Crippen LogP contribution in [0.25, 0.3) is 0 Å². The van der Waals surface area contributed by atoms with Gasteiger partial charge in [0.15, 0.2) is 0 Å².